The Bertz CT molecular complexity index is 1300. The number of ether oxygens (including phenoxy) is 2. The molecule has 0 bridgehead atoms. The second-order valence-corrected chi connectivity index (χ2v) is 8.70. The van der Waals surface area contributed by atoms with Crippen LogP contribution < -0.4 is 0 Å². The first-order valence-corrected chi connectivity index (χ1v) is 11.7. The molecule has 9 nitrogen and oxygen atoms in total. The monoisotopic (exact) mass is 493 g/mol. The molecule has 170 valence electrons. The van der Waals surface area contributed by atoms with Gasteiger partial charge in [0.15, 0.2) is 0 Å². The smallest absolute Gasteiger partial charge is 0.357 e. The van der Waals surface area contributed by atoms with Crippen LogP contribution in [0.4, 0.5) is 0 Å². The Morgan fingerprint density at radius 2 is 1.21 bits per heavy atom. The van der Waals surface area contributed by atoms with E-state index in [0.29, 0.717) is 23.2 Å². The molecule has 0 aliphatic heterocycles. The maximum atomic E-state index is 12.4. The summed E-state index contributed by atoms with van der Waals surface area (Å²) in [5, 5.41) is 3.83. The fourth-order valence-corrected chi connectivity index (χ4v) is 4.17. The standard InChI is InChI=1S/C23H15N3O6S2/c27-22(31-12-14-10-29-20(24-14)18-6-2-8-33-18)16-4-1-5-17(26-16)23(28)32-13-15-11-30-21(25-15)19-7-3-9-34-19/h1-11H,12-13H2. The van der Waals surface area contributed by atoms with Crippen molar-refractivity contribution in [3.8, 4) is 21.5 Å². The Kier molecular flexibility index (Phi) is 6.27. The average Bonchev–Trinajstić information content (AvgIpc) is 3.67. The number of rotatable bonds is 8. The lowest BCUT2D eigenvalue weighted by Crippen LogP contribution is -2.13. The van der Waals surface area contributed by atoms with E-state index in [0.717, 1.165) is 9.75 Å². The lowest BCUT2D eigenvalue weighted by atomic mass is 10.3. The Hall–Kier alpha value is -4.09. The lowest BCUT2D eigenvalue weighted by Gasteiger charge is -2.05. The number of hydrogen-bond donors (Lipinski definition) is 0. The van der Waals surface area contributed by atoms with E-state index in [1.807, 2.05) is 35.0 Å². The molecule has 0 fully saturated rings. The summed E-state index contributed by atoms with van der Waals surface area (Å²) in [5.74, 6) is -0.489. The molecule has 0 unspecified atom stereocenters. The first kappa shape index (κ1) is 21.7. The van der Waals surface area contributed by atoms with Gasteiger partial charge in [-0.2, -0.15) is 0 Å². The Morgan fingerprint density at radius 3 is 1.65 bits per heavy atom. The number of oxazole rings is 2. The second-order valence-electron chi connectivity index (χ2n) is 6.80. The van der Waals surface area contributed by atoms with Crippen LogP contribution in [0.2, 0.25) is 0 Å². The predicted octanol–water partition coefficient (Wildman–Crippen LogP) is 5.23. The van der Waals surface area contributed by atoms with Crippen LogP contribution in [0.15, 0.2) is 74.6 Å². The van der Waals surface area contributed by atoms with Crippen LogP contribution in [0.3, 0.4) is 0 Å². The van der Waals surface area contributed by atoms with Crippen LogP contribution in [0.1, 0.15) is 32.4 Å². The minimum absolute atomic E-state index is 0.0298. The van der Waals surface area contributed by atoms with Crippen LogP contribution in [-0.2, 0) is 22.7 Å². The molecule has 0 aromatic carbocycles. The SMILES string of the molecule is O=C(OCc1coc(-c2cccs2)n1)c1cccc(C(=O)OCc2coc(-c3cccs3)n2)n1. The molecule has 0 atom stereocenters. The van der Waals surface area contributed by atoms with E-state index in [1.54, 1.807) is 0 Å². The lowest BCUT2D eigenvalue weighted by molar-refractivity contribution is 0.0451. The van der Waals surface area contributed by atoms with Crippen LogP contribution in [-0.4, -0.2) is 26.9 Å². The number of nitrogens with zero attached hydrogens (tertiary/aromatic N) is 3. The quantitative estimate of drug-likeness (QED) is 0.268. The Balaban J connectivity index is 1.16. The number of thiophene rings is 2. The van der Waals surface area contributed by atoms with Crippen LogP contribution in [0.25, 0.3) is 21.5 Å². The molecule has 5 rings (SSSR count). The van der Waals surface area contributed by atoms with Crippen molar-refractivity contribution in [3.63, 3.8) is 0 Å². The molecule has 0 radical (unpaired) electrons. The molecule has 5 aromatic rings. The normalized spacial score (nSPS) is 10.8. The van der Waals surface area contributed by atoms with Gasteiger partial charge < -0.3 is 18.3 Å². The van der Waals surface area contributed by atoms with E-state index in [1.165, 1.54) is 53.4 Å². The van der Waals surface area contributed by atoms with E-state index in [4.69, 9.17) is 18.3 Å². The zero-order valence-corrected chi connectivity index (χ0v) is 19.0. The summed E-state index contributed by atoms with van der Waals surface area (Å²) in [6, 6.07) is 12.0. The number of aromatic nitrogens is 3. The summed E-state index contributed by atoms with van der Waals surface area (Å²) in [4.78, 5) is 39.2. The zero-order chi connectivity index (χ0) is 23.3. The molecule has 0 N–H and O–H groups in total. The van der Waals surface area contributed by atoms with E-state index in [2.05, 4.69) is 15.0 Å². The topological polar surface area (TPSA) is 118 Å². The maximum Gasteiger partial charge on any atom is 0.357 e. The minimum atomic E-state index is -0.701. The Morgan fingerprint density at radius 1 is 0.706 bits per heavy atom. The fourth-order valence-electron chi connectivity index (χ4n) is 2.86. The molecule has 0 spiro atoms. The number of carbonyl (C=O) groups excluding carboxylic acids is 2. The maximum absolute atomic E-state index is 12.4. The van der Waals surface area contributed by atoms with Crippen molar-refractivity contribution in [1.29, 1.82) is 0 Å². The molecule has 0 aliphatic rings. The first-order chi connectivity index (χ1) is 16.7. The van der Waals surface area contributed by atoms with Crippen molar-refractivity contribution < 1.29 is 27.9 Å². The van der Waals surface area contributed by atoms with Crippen LogP contribution in [0.5, 0.6) is 0 Å². The second kappa shape index (κ2) is 9.81. The third-order valence-electron chi connectivity index (χ3n) is 4.44. The van der Waals surface area contributed by atoms with Gasteiger partial charge in [0.2, 0.25) is 11.8 Å². The van der Waals surface area contributed by atoms with E-state index in [-0.39, 0.29) is 24.6 Å². The van der Waals surface area contributed by atoms with Gasteiger partial charge in [0.05, 0.1) is 9.75 Å². The van der Waals surface area contributed by atoms with Crippen LogP contribution >= 0.6 is 22.7 Å². The number of hydrogen-bond acceptors (Lipinski definition) is 11. The van der Waals surface area contributed by atoms with Gasteiger partial charge in [-0.1, -0.05) is 18.2 Å². The van der Waals surface area contributed by atoms with Gasteiger partial charge in [0.25, 0.3) is 0 Å². The van der Waals surface area contributed by atoms with Crippen molar-refractivity contribution in [2.24, 2.45) is 0 Å². The Labute approximate surface area is 200 Å². The van der Waals surface area contributed by atoms with E-state index in [9.17, 15) is 9.59 Å². The van der Waals surface area contributed by atoms with Crippen molar-refractivity contribution in [2.45, 2.75) is 13.2 Å². The fraction of sp³-hybridized carbons (Fsp3) is 0.0870. The molecular weight excluding hydrogens is 478 g/mol. The number of pyridine rings is 1. The number of esters is 2. The van der Waals surface area contributed by atoms with Crippen LogP contribution in [0, 0.1) is 0 Å². The van der Waals surface area contributed by atoms with Gasteiger partial charge in [0.1, 0.15) is 48.5 Å². The average molecular weight is 494 g/mol. The highest BCUT2D eigenvalue weighted by atomic mass is 32.1. The third-order valence-corrected chi connectivity index (χ3v) is 6.15. The zero-order valence-electron chi connectivity index (χ0n) is 17.4. The largest absolute Gasteiger partial charge is 0.454 e. The summed E-state index contributed by atoms with van der Waals surface area (Å²) in [6.07, 6.45) is 2.86. The highest BCUT2D eigenvalue weighted by molar-refractivity contribution is 7.13. The number of carbonyl (C=O) groups is 2. The summed E-state index contributed by atoms with van der Waals surface area (Å²) >= 11 is 2.98. The highest BCUT2D eigenvalue weighted by Crippen LogP contribution is 2.25. The van der Waals surface area contributed by atoms with Gasteiger partial charge in [-0.25, -0.2) is 24.5 Å². The summed E-state index contributed by atoms with van der Waals surface area (Å²) < 4.78 is 21.3. The van der Waals surface area contributed by atoms with E-state index < -0.39 is 11.9 Å². The molecule has 5 aromatic heterocycles. The highest BCUT2D eigenvalue weighted by Gasteiger charge is 2.17. The first-order valence-electron chi connectivity index (χ1n) is 9.93. The molecule has 0 saturated heterocycles. The van der Waals surface area contributed by atoms with E-state index >= 15 is 0 Å². The van der Waals surface area contributed by atoms with Crippen molar-refractivity contribution in [3.05, 3.63) is 88.5 Å². The summed E-state index contributed by atoms with van der Waals surface area (Å²) in [7, 11) is 0. The molecular formula is C23H15N3O6S2. The molecule has 0 amide bonds. The van der Waals surface area contributed by atoms with Gasteiger partial charge in [0, 0.05) is 0 Å². The summed E-state index contributed by atoms with van der Waals surface area (Å²) in [6.45, 7) is -0.189. The predicted molar refractivity (Wildman–Crippen MR) is 122 cm³/mol. The molecule has 0 saturated carbocycles. The third kappa shape index (κ3) is 4.95. The summed E-state index contributed by atoms with van der Waals surface area (Å²) in [5.41, 5.74) is 0.861. The van der Waals surface area contributed by atoms with Gasteiger partial charge in [-0.15, -0.1) is 22.7 Å². The van der Waals surface area contributed by atoms with Crippen molar-refractivity contribution in [1.82, 2.24) is 15.0 Å². The minimum Gasteiger partial charge on any atom is -0.454 e. The van der Waals surface area contributed by atoms with Crippen molar-refractivity contribution >= 4 is 34.6 Å². The van der Waals surface area contributed by atoms with Gasteiger partial charge in [-0.3, -0.25) is 0 Å². The molecule has 0 aliphatic carbocycles. The van der Waals surface area contributed by atoms with Gasteiger partial charge >= 0.3 is 11.9 Å². The molecule has 34 heavy (non-hydrogen) atoms. The van der Waals surface area contributed by atoms with Gasteiger partial charge in [-0.05, 0) is 35.0 Å². The molecule has 11 heteroatoms. The molecule has 5 heterocycles. The van der Waals surface area contributed by atoms with Crippen molar-refractivity contribution in [2.75, 3.05) is 0 Å².